The van der Waals surface area contributed by atoms with Gasteiger partial charge in [0.15, 0.2) is 0 Å². The highest BCUT2D eigenvalue weighted by molar-refractivity contribution is 5.98. The molecular formula is C13H17ClFN3O3. The molecule has 2 rings (SSSR count). The fourth-order valence-corrected chi connectivity index (χ4v) is 2.36. The van der Waals surface area contributed by atoms with Crippen LogP contribution in [0.4, 0.5) is 10.1 Å². The van der Waals surface area contributed by atoms with E-state index in [0.29, 0.717) is 19.5 Å². The molecule has 21 heavy (non-hydrogen) atoms. The molecule has 2 unspecified atom stereocenters. The molecule has 2 N–H and O–H groups in total. The van der Waals surface area contributed by atoms with Crippen LogP contribution >= 0.6 is 12.4 Å². The highest BCUT2D eigenvalue weighted by atomic mass is 35.5. The van der Waals surface area contributed by atoms with E-state index in [1.165, 1.54) is 4.90 Å². The summed E-state index contributed by atoms with van der Waals surface area (Å²) < 4.78 is 13.3. The van der Waals surface area contributed by atoms with Crippen molar-refractivity contribution in [2.75, 3.05) is 13.1 Å². The molecule has 1 saturated heterocycles. The minimum absolute atomic E-state index is 0. The third-order valence-electron chi connectivity index (χ3n) is 3.64. The van der Waals surface area contributed by atoms with Crippen LogP contribution in [0, 0.1) is 21.8 Å². The number of nitro benzene ring substituents is 1. The number of rotatable bonds is 2. The van der Waals surface area contributed by atoms with Crippen molar-refractivity contribution in [1.82, 2.24) is 4.90 Å². The Labute approximate surface area is 127 Å². The molecule has 1 aromatic carbocycles. The van der Waals surface area contributed by atoms with Gasteiger partial charge in [-0.05, 0) is 24.5 Å². The average Bonchev–Trinajstić information content (AvgIpc) is 2.40. The van der Waals surface area contributed by atoms with E-state index in [0.717, 1.165) is 18.2 Å². The molecule has 1 amide bonds. The molecule has 1 heterocycles. The summed E-state index contributed by atoms with van der Waals surface area (Å²) in [7, 11) is 0. The van der Waals surface area contributed by atoms with E-state index in [9.17, 15) is 19.3 Å². The molecule has 0 spiro atoms. The first-order valence-electron chi connectivity index (χ1n) is 6.39. The monoisotopic (exact) mass is 317 g/mol. The Bertz CT molecular complexity index is 555. The summed E-state index contributed by atoms with van der Waals surface area (Å²) in [5.41, 5.74) is 5.29. The topological polar surface area (TPSA) is 89.5 Å². The lowest BCUT2D eigenvalue weighted by atomic mass is 9.94. The summed E-state index contributed by atoms with van der Waals surface area (Å²) in [6.45, 7) is 2.77. The van der Waals surface area contributed by atoms with E-state index in [-0.39, 0.29) is 35.6 Å². The summed E-state index contributed by atoms with van der Waals surface area (Å²) in [6, 6.07) is 2.92. The second-order valence-electron chi connectivity index (χ2n) is 5.10. The van der Waals surface area contributed by atoms with Crippen molar-refractivity contribution in [2.45, 2.75) is 19.4 Å². The molecule has 1 aliphatic rings. The summed E-state index contributed by atoms with van der Waals surface area (Å²) in [5, 5.41) is 10.9. The van der Waals surface area contributed by atoms with E-state index >= 15 is 0 Å². The van der Waals surface area contributed by atoms with Crippen LogP contribution in [0.5, 0.6) is 0 Å². The first-order chi connectivity index (χ1) is 9.40. The first-order valence-corrected chi connectivity index (χ1v) is 6.39. The van der Waals surface area contributed by atoms with Crippen molar-refractivity contribution >= 4 is 24.0 Å². The summed E-state index contributed by atoms with van der Waals surface area (Å²) >= 11 is 0. The number of hydrogen-bond acceptors (Lipinski definition) is 4. The lowest BCUT2D eigenvalue weighted by Gasteiger charge is -2.35. The van der Waals surface area contributed by atoms with Crippen molar-refractivity contribution in [3.63, 3.8) is 0 Å². The van der Waals surface area contributed by atoms with Crippen LogP contribution < -0.4 is 5.73 Å². The highest BCUT2D eigenvalue weighted by Crippen LogP contribution is 2.24. The smallest absolute Gasteiger partial charge is 0.282 e. The number of nitrogens with two attached hydrogens (primary N) is 1. The molecule has 116 valence electrons. The van der Waals surface area contributed by atoms with Gasteiger partial charge < -0.3 is 10.6 Å². The molecule has 1 aromatic rings. The lowest BCUT2D eigenvalue weighted by Crippen LogP contribution is -2.48. The van der Waals surface area contributed by atoms with Crippen LogP contribution in [0.3, 0.4) is 0 Å². The van der Waals surface area contributed by atoms with Gasteiger partial charge in [-0.15, -0.1) is 12.4 Å². The minimum Gasteiger partial charge on any atom is -0.338 e. The molecule has 0 aliphatic carbocycles. The van der Waals surface area contributed by atoms with Crippen LogP contribution in [-0.2, 0) is 0 Å². The van der Waals surface area contributed by atoms with Gasteiger partial charge in [-0.3, -0.25) is 14.9 Å². The predicted molar refractivity (Wildman–Crippen MR) is 78.0 cm³/mol. The molecule has 2 atom stereocenters. The maximum atomic E-state index is 13.3. The average molecular weight is 318 g/mol. The Balaban J connectivity index is 0.00000220. The van der Waals surface area contributed by atoms with Gasteiger partial charge in [0, 0.05) is 25.2 Å². The van der Waals surface area contributed by atoms with Crippen LogP contribution in [0.15, 0.2) is 18.2 Å². The second kappa shape index (κ2) is 6.82. The predicted octanol–water partition coefficient (Wildman–Crippen LogP) is 1.96. The zero-order valence-electron chi connectivity index (χ0n) is 11.5. The van der Waals surface area contributed by atoms with Crippen molar-refractivity contribution in [3.8, 4) is 0 Å². The number of halogens is 2. The standard InChI is InChI=1S/C13H16FN3O3.ClH/c1-8-7-16(5-4-11(8)15)13(18)10-6-9(14)2-3-12(10)17(19)20;/h2-3,6,8,11H,4-5,7,15H2,1H3;1H. The fraction of sp³-hybridized carbons (Fsp3) is 0.462. The number of nitrogens with zero attached hydrogens (tertiary/aromatic N) is 2. The van der Waals surface area contributed by atoms with Crippen molar-refractivity contribution in [2.24, 2.45) is 11.7 Å². The van der Waals surface area contributed by atoms with E-state index in [2.05, 4.69) is 0 Å². The normalized spacial score (nSPS) is 21.6. The Kier molecular flexibility index (Phi) is 5.62. The van der Waals surface area contributed by atoms with E-state index < -0.39 is 16.6 Å². The highest BCUT2D eigenvalue weighted by Gasteiger charge is 2.30. The molecule has 0 saturated carbocycles. The summed E-state index contributed by atoms with van der Waals surface area (Å²) in [6.07, 6.45) is 0.635. The van der Waals surface area contributed by atoms with Gasteiger partial charge in [0.05, 0.1) is 4.92 Å². The number of hydrogen-bond donors (Lipinski definition) is 1. The number of carbonyl (C=O) groups excluding carboxylic acids is 1. The third kappa shape index (κ3) is 3.68. The fourth-order valence-electron chi connectivity index (χ4n) is 2.36. The van der Waals surface area contributed by atoms with Gasteiger partial charge >= 0.3 is 0 Å². The Morgan fingerprint density at radius 2 is 2.19 bits per heavy atom. The number of likely N-dealkylation sites (tertiary alicyclic amines) is 1. The van der Waals surface area contributed by atoms with Gasteiger partial charge in [0.25, 0.3) is 11.6 Å². The molecular weight excluding hydrogens is 301 g/mol. The van der Waals surface area contributed by atoms with Crippen LogP contribution in [0.1, 0.15) is 23.7 Å². The van der Waals surface area contributed by atoms with Crippen molar-refractivity contribution in [1.29, 1.82) is 0 Å². The van der Waals surface area contributed by atoms with E-state index in [4.69, 9.17) is 5.73 Å². The number of nitro groups is 1. The second-order valence-corrected chi connectivity index (χ2v) is 5.10. The molecule has 6 nitrogen and oxygen atoms in total. The zero-order chi connectivity index (χ0) is 14.9. The Morgan fingerprint density at radius 1 is 1.52 bits per heavy atom. The Morgan fingerprint density at radius 3 is 2.76 bits per heavy atom. The SMILES string of the molecule is CC1CN(C(=O)c2cc(F)ccc2[N+](=O)[O-])CCC1N.Cl. The van der Waals surface area contributed by atoms with Gasteiger partial charge in [-0.1, -0.05) is 6.92 Å². The maximum Gasteiger partial charge on any atom is 0.282 e. The van der Waals surface area contributed by atoms with Gasteiger partial charge in [-0.2, -0.15) is 0 Å². The number of benzene rings is 1. The molecule has 0 aromatic heterocycles. The maximum absolute atomic E-state index is 13.3. The van der Waals surface area contributed by atoms with Gasteiger partial charge in [0.2, 0.25) is 0 Å². The molecule has 1 aliphatic heterocycles. The molecule has 0 bridgehead atoms. The molecule has 8 heteroatoms. The zero-order valence-corrected chi connectivity index (χ0v) is 12.3. The largest absolute Gasteiger partial charge is 0.338 e. The number of amides is 1. The molecule has 1 fully saturated rings. The van der Waals surface area contributed by atoms with Crippen LogP contribution in [0.25, 0.3) is 0 Å². The minimum atomic E-state index is -0.675. The first kappa shape index (κ1) is 17.3. The number of carbonyl (C=O) groups is 1. The van der Waals surface area contributed by atoms with Crippen LogP contribution in [-0.4, -0.2) is 34.9 Å². The lowest BCUT2D eigenvalue weighted by molar-refractivity contribution is -0.385. The molecule has 0 radical (unpaired) electrons. The van der Waals surface area contributed by atoms with Crippen molar-refractivity contribution < 1.29 is 14.1 Å². The summed E-state index contributed by atoms with van der Waals surface area (Å²) in [5.74, 6) is -1.07. The van der Waals surface area contributed by atoms with Gasteiger partial charge in [-0.25, -0.2) is 4.39 Å². The third-order valence-corrected chi connectivity index (χ3v) is 3.64. The van der Waals surface area contributed by atoms with Crippen molar-refractivity contribution in [3.05, 3.63) is 39.7 Å². The van der Waals surface area contributed by atoms with E-state index in [1.807, 2.05) is 6.92 Å². The van der Waals surface area contributed by atoms with E-state index in [1.54, 1.807) is 0 Å². The van der Waals surface area contributed by atoms with Crippen LogP contribution in [0.2, 0.25) is 0 Å². The summed E-state index contributed by atoms with van der Waals surface area (Å²) in [4.78, 5) is 24.1. The Hall–Kier alpha value is -1.73. The quantitative estimate of drug-likeness (QED) is 0.667. The number of piperidine rings is 1. The van der Waals surface area contributed by atoms with Gasteiger partial charge in [0.1, 0.15) is 11.4 Å².